The third-order valence-electron chi connectivity index (χ3n) is 3.50. The Hall–Kier alpha value is -3.34. The van der Waals surface area contributed by atoms with Crippen LogP contribution in [-0.2, 0) is 0 Å². The van der Waals surface area contributed by atoms with E-state index in [2.05, 4.69) is 8.37 Å². The van der Waals surface area contributed by atoms with E-state index in [4.69, 9.17) is 9.47 Å². The van der Waals surface area contributed by atoms with Crippen LogP contribution in [0, 0.1) is 0 Å². The molecule has 0 aliphatic carbocycles. The lowest BCUT2D eigenvalue weighted by Crippen LogP contribution is -2.14. The molecule has 17 heteroatoms. The van der Waals surface area contributed by atoms with Crippen molar-refractivity contribution >= 4 is 21.0 Å². The van der Waals surface area contributed by atoms with Gasteiger partial charge in [-0.3, -0.25) is 0 Å². The summed E-state index contributed by atoms with van der Waals surface area (Å²) in [6, 6.07) is 8.75. The van der Waals surface area contributed by atoms with Gasteiger partial charge in [-0.15, -0.1) is 0 Å². The van der Waals surface area contributed by atoms with Crippen molar-refractivity contribution in [2.24, 2.45) is 0 Å². The molecule has 0 saturated carbocycles. The van der Waals surface area contributed by atoms with Crippen molar-refractivity contribution < 1.29 is 61.8 Å². The van der Waals surface area contributed by atoms with Crippen LogP contribution < -0.4 is 17.8 Å². The molecule has 0 amide bonds. The van der Waals surface area contributed by atoms with Crippen LogP contribution >= 0.6 is 21.0 Å². The van der Waals surface area contributed by atoms with Gasteiger partial charge in [-0.2, -0.15) is 0 Å². The minimum atomic E-state index is -10.3. The number of rotatable bonds is 8. The summed E-state index contributed by atoms with van der Waals surface area (Å²) in [6.07, 6.45) is 0. The predicted octanol–water partition coefficient (Wildman–Crippen LogP) is 10.2. The topological polar surface area (TPSA) is 57.2 Å². The summed E-state index contributed by atoms with van der Waals surface area (Å²) in [4.78, 5) is 0. The zero-order chi connectivity index (χ0) is 26.5. The maximum Gasteiger partial charge on any atom is 0.435 e. The quantitative estimate of drug-likeness (QED) is 0.277. The highest BCUT2D eigenvalue weighted by molar-refractivity contribution is 8.42. The molecule has 0 aromatic heterocycles. The summed E-state index contributed by atoms with van der Waals surface area (Å²) in [7, 11) is -20.6. The van der Waals surface area contributed by atoms with Gasteiger partial charge >= 0.3 is 21.0 Å². The van der Waals surface area contributed by atoms with Crippen molar-refractivity contribution in [2.75, 3.05) is 0 Å². The van der Waals surface area contributed by atoms with E-state index < -0.39 is 55.5 Å². The van der Waals surface area contributed by atoms with Gasteiger partial charge in [-0.05, 0) is 36.4 Å². The Balaban J connectivity index is 1.88. The SMILES string of the molecule is Oc1ccc(Oc2cccc(OS(F)(F)(F)(F)F)c2)c(Oc2cccc(OS(F)(F)(F)(F)F)c2)c1. The average Bonchev–Trinajstić information content (AvgIpc) is 2.59. The molecule has 0 fully saturated rings. The molecule has 3 aromatic carbocycles. The number of benzene rings is 3. The monoisotopic (exact) mass is 562 g/mol. The lowest BCUT2D eigenvalue weighted by atomic mass is 10.2. The Morgan fingerprint density at radius 3 is 1.31 bits per heavy atom. The van der Waals surface area contributed by atoms with Crippen LogP contribution in [0.25, 0.3) is 0 Å². The number of phenolic OH excluding ortho intramolecular Hbond substituents is 1. The number of hydrogen-bond donors (Lipinski definition) is 1. The van der Waals surface area contributed by atoms with Crippen LogP contribution in [-0.4, -0.2) is 5.11 Å². The van der Waals surface area contributed by atoms with Gasteiger partial charge in [-0.25, -0.2) is 0 Å². The first-order valence-corrected chi connectivity index (χ1v) is 12.5. The molecule has 0 saturated heterocycles. The van der Waals surface area contributed by atoms with Gasteiger partial charge in [0.25, 0.3) is 0 Å². The molecule has 0 aliphatic heterocycles. The fraction of sp³-hybridized carbons (Fsp3) is 0. The molecule has 0 heterocycles. The number of aromatic hydroxyl groups is 1. The molecule has 0 aliphatic rings. The normalized spacial score (nSPS) is 16.2. The fourth-order valence-electron chi connectivity index (χ4n) is 2.46. The Kier molecular flexibility index (Phi) is 5.16. The zero-order valence-corrected chi connectivity index (χ0v) is 18.2. The summed E-state index contributed by atoms with van der Waals surface area (Å²) in [5.41, 5.74) is 0. The molecular formula is C18H12F10O5S2. The Morgan fingerprint density at radius 1 is 0.486 bits per heavy atom. The summed E-state index contributed by atoms with van der Waals surface area (Å²) < 4.78 is 142. The molecule has 3 rings (SSSR count). The lowest BCUT2D eigenvalue weighted by Gasteiger charge is -2.39. The minimum absolute atomic E-state index is 0.369. The van der Waals surface area contributed by atoms with Gasteiger partial charge in [0, 0.05) is 18.2 Å². The molecule has 0 spiro atoms. The molecule has 0 bridgehead atoms. The maximum atomic E-state index is 12.6. The Morgan fingerprint density at radius 2 is 0.886 bits per heavy atom. The van der Waals surface area contributed by atoms with E-state index in [1.54, 1.807) is 0 Å². The van der Waals surface area contributed by atoms with Crippen molar-refractivity contribution in [2.45, 2.75) is 0 Å². The van der Waals surface area contributed by atoms with Crippen LogP contribution in [0.2, 0.25) is 0 Å². The van der Waals surface area contributed by atoms with Crippen molar-refractivity contribution in [3.63, 3.8) is 0 Å². The first-order chi connectivity index (χ1) is 15.4. The van der Waals surface area contributed by atoms with Gasteiger partial charge in [0.05, 0.1) is 0 Å². The highest BCUT2D eigenvalue weighted by Gasteiger charge is 2.68. The second-order valence-electron chi connectivity index (χ2n) is 6.75. The van der Waals surface area contributed by atoms with E-state index in [0.717, 1.165) is 42.5 Å². The first-order valence-electron chi connectivity index (χ1n) is 8.71. The van der Waals surface area contributed by atoms with Gasteiger partial charge in [-0.1, -0.05) is 51.0 Å². The van der Waals surface area contributed by atoms with Gasteiger partial charge in [0.15, 0.2) is 11.5 Å². The first kappa shape index (κ1) is 26.3. The molecule has 5 nitrogen and oxygen atoms in total. The minimum Gasteiger partial charge on any atom is -0.508 e. The molecule has 0 atom stereocenters. The third kappa shape index (κ3) is 9.44. The number of ether oxygens (including phenoxy) is 2. The average molecular weight is 562 g/mol. The van der Waals surface area contributed by atoms with Crippen molar-refractivity contribution in [3.8, 4) is 40.2 Å². The van der Waals surface area contributed by atoms with Crippen molar-refractivity contribution in [3.05, 3.63) is 66.7 Å². The third-order valence-corrected chi connectivity index (χ3v) is 4.52. The predicted molar refractivity (Wildman–Crippen MR) is 109 cm³/mol. The van der Waals surface area contributed by atoms with E-state index in [-0.39, 0.29) is 5.75 Å². The summed E-state index contributed by atoms with van der Waals surface area (Å²) in [5.74, 6) is -4.91. The number of halogens is 10. The molecule has 35 heavy (non-hydrogen) atoms. The molecular weight excluding hydrogens is 550 g/mol. The number of phenols is 1. The van der Waals surface area contributed by atoms with Crippen LogP contribution in [0.4, 0.5) is 38.9 Å². The van der Waals surface area contributed by atoms with E-state index >= 15 is 0 Å². The fourth-order valence-corrected chi connectivity index (χ4v) is 3.39. The number of hydrogen-bond acceptors (Lipinski definition) is 5. The zero-order valence-electron chi connectivity index (χ0n) is 16.5. The molecule has 196 valence electrons. The maximum absolute atomic E-state index is 12.6. The van der Waals surface area contributed by atoms with Crippen molar-refractivity contribution in [1.82, 2.24) is 0 Å². The highest BCUT2D eigenvalue weighted by atomic mass is 32.5. The smallest absolute Gasteiger partial charge is 0.435 e. The van der Waals surface area contributed by atoms with Gasteiger partial charge in [0.2, 0.25) is 0 Å². The summed E-state index contributed by atoms with van der Waals surface area (Å²) in [5, 5.41) is 9.66. The van der Waals surface area contributed by atoms with Crippen LogP contribution in [0.3, 0.4) is 0 Å². The van der Waals surface area contributed by atoms with Crippen LogP contribution in [0.1, 0.15) is 0 Å². The van der Waals surface area contributed by atoms with E-state index in [9.17, 15) is 44.0 Å². The van der Waals surface area contributed by atoms with Crippen molar-refractivity contribution in [1.29, 1.82) is 0 Å². The van der Waals surface area contributed by atoms with Crippen LogP contribution in [0.5, 0.6) is 40.2 Å². The standard InChI is InChI=1S/C18H12F10O5S2/c19-34(20,21,22,23)32-15-5-1-3-13(10-15)30-17-8-7-12(29)9-18(17)31-14-4-2-6-16(11-14)33-35(24,25,26,27)28/h1-11,29H. The van der Waals surface area contributed by atoms with Crippen LogP contribution in [0.15, 0.2) is 66.7 Å². The molecule has 0 radical (unpaired) electrons. The van der Waals surface area contributed by atoms with E-state index in [1.807, 2.05) is 0 Å². The second kappa shape index (κ2) is 6.87. The molecule has 0 unspecified atom stereocenters. The lowest BCUT2D eigenvalue weighted by molar-refractivity contribution is 0.239. The molecule has 1 N–H and O–H groups in total. The molecule has 3 aromatic rings. The summed E-state index contributed by atoms with van der Waals surface area (Å²) >= 11 is 0. The van der Waals surface area contributed by atoms with E-state index in [0.29, 0.717) is 24.3 Å². The van der Waals surface area contributed by atoms with Gasteiger partial charge in [0.1, 0.15) is 28.7 Å². The Labute approximate surface area is 190 Å². The Bertz CT molecular complexity index is 1280. The second-order valence-corrected chi connectivity index (χ2v) is 10.7. The summed E-state index contributed by atoms with van der Waals surface area (Å²) in [6.45, 7) is 0. The largest absolute Gasteiger partial charge is 0.508 e. The highest BCUT2D eigenvalue weighted by Crippen LogP contribution is 2.98. The van der Waals surface area contributed by atoms with Gasteiger partial charge < -0.3 is 22.9 Å². The van der Waals surface area contributed by atoms with E-state index in [1.165, 1.54) is 0 Å².